The second-order valence-corrected chi connectivity index (χ2v) is 6.46. The molecule has 0 fully saturated rings. The molecule has 0 aliphatic rings. The number of hydrogen-bond acceptors (Lipinski definition) is 2. The summed E-state index contributed by atoms with van der Waals surface area (Å²) in [5.41, 5.74) is 5.15. The van der Waals surface area contributed by atoms with Crippen LogP contribution in [0.1, 0.15) is 17.1 Å². The quantitative estimate of drug-likeness (QED) is 0.658. The number of hydrogen-bond donors (Lipinski definition) is 0. The molecule has 0 radical (unpaired) electrons. The minimum atomic E-state index is 0.544. The Hall–Kier alpha value is -1.33. The van der Waals surface area contributed by atoms with Crippen molar-refractivity contribution in [1.29, 1.82) is 0 Å². The molecule has 0 atom stereocenters. The van der Waals surface area contributed by atoms with Crippen molar-refractivity contribution >= 4 is 38.7 Å². The highest BCUT2D eigenvalue weighted by molar-refractivity contribution is 9.10. The van der Waals surface area contributed by atoms with Crippen LogP contribution in [0.5, 0.6) is 0 Å². The molecule has 110 valence electrons. The Balaban J connectivity index is 2.35. The number of aryl methyl sites for hydroxylation is 4. The van der Waals surface area contributed by atoms with Gasteiger partial charge >= 0.3 is 0 Å². The molecule has 0 spiro atoms. The smallest absolute Gasteiger partial charge is 0.163 e. The molecule has 0 N–H and O–H groups in total. The fourth-order valence-electron chi connectivity index (χ4n) is 2.69. The average Bonchev–Trinajstić information content (AvgIpc) is 2.88. The van der Waals surface area contributed by atoms with Gasteiger partial charge in [0.15, 0.2) is 5.65 Å². The molecule has 0 saturated heterocycles. The maximum absolute atomic E-state index is 5.95. The van der Waals surface area contributed by atoms with Gasteiger partial charge in [0.2, 0.25) is 0 Å². The molecule has 2 aromatic heterocycles. The maximum Gasteiger partial charge on any atom is 0.163 e. The average molecular weight is 368 g/mol. The van der Waals surface area contributed by atoms with Crippen molar-refractivity contribution in [3.05, 3.63) is 39.8 Å². The summed E-state index contributed by atoms with van der Waals surface area (Å²) in [4.78, 5) is 4.74. The van der Waals surface area contributed by atoms with Crippen LogP contribution in [0.2, 0.25) is 0 Å². The van der Waals surface area contributed by atoms with Gasteiger partial charge < -0.3 is 0 Å². The van der Waals surface area contributed by atoms with E-state index < -0.39 is 0 Å². The van der Waals surface area contributed by atoms with E-state index in [9.17, 15) is 0 Å². The first kappa shape index (κ1) is 14.6. The van der Waals surface area contributed by atoms with Gasteiger partial charge in [-0.2, -0.15) is 5.10 Å². The number of rotatable bonds is 3. The Morgan fingerprint density at radius 1 is 1.24 bits per heavy atom. The molecule has 0 unspecified atom stereocenters. The summed E-state index contributed by atoms with van der Waals surface area (Å²) in [5, 5.41) is 4.47. The highest BCUT2D eigenvalue weighted by Crippen LogP contribution is 2.26. The second kappa shape index (κ2) is 5.46. The predicted molar refractivity (Wildman–Crippen MR) is 89.4 cm³/mol. The zero-order chi connectivity index (χ0) is 15.1. The summed E-state index contributed by atoms with van der Waals surface area (Å²) in [6.45, 7) is 4.06. The van der Waals surface area contributed by atoms with Crippen molar-refractivity contribution in [2.45, 2.75) is 20.3 Å². The Bertz CT molecular complexity index is 799. The predicted octanol–water partition coefficient (Wildman–Crippen LogP) is 3.92. The van der Waals surface area contributed by atoms with E-state index in [-0.39, 0.29) is 0 Å². The first-order valence-electron chi connectivity index (χ1n) is 6.75. The molecule has 0 aliphatic carbocycles. The molecule has 21 heavy (non-hydrogen) atoms. The number of alkyl halides is 1. The Morgan fingerprint density at radius 2 is 2.00 bits per heavy atom. The molecule has 0 bridgehead atoms. The first-order valence-corrected chi connectivity index (χ1v) is 8.08. The summed E-state index contributed by atoms with van der Waals surface area (Å²) in [7, 11) is 1.95. The van der Waals surface area contributed by atoms with Crippen LogP contribution in [0.15, 0.2) is 22.7 Å². The third-order valence-corrected chi connectivity index (χ3v) is 4.12. The van der Waals surface area contributed by atoms with Gasteiger partial charge in [-0.3, -0.25) is 4.57 Å². The van der Waals surface area contributed by atoms with Crippen molar-refractivity contribution in [3.8, 4) is 5.69 Å². The molecular weight excluding hydrogens is 352 g/mol. The van der Waals surface area contributed by atoms with E-state index in [1.807, 2.05) is 18.7 Å². The van der Waals surface area contributed by atoms with E-state index in [0.29, 0.717) is 5.88 Å². The molecule has 1 aromatic carbocycles. The lowest BCUT2D eigenvalue weighted by Gasteiger charge is -2.10. The number of nitrogens with zero attached hydrogens (tertiary/aromatic N) is 4. The minimum absolute atomic E-state index is 0.544. The van der Waals surface area contributed by atoms with Gasteiger partial charge in [-0.15, -0.1) is 11.6 Å². The first-order chi connectivity index (χ1) is 10.0. The summed E-state index contributed by atoms with van der Waals surface area (Å²) in [6, 6.07) is 6.33. The van der Waals surface area contributed by atoms with Crippen LogP contribution < -0.4 is 0 Å². The van der Waals surface area contributed by atoms with Crippen LogP contribution in [0, 0.1) is 13.8 Å². The molecule has 6 heteroatoms. The van der Waals surface area contributed by atoms with Gasteiger partial charge in [0.05, 0.1) is 11.4 Å². The Kier molecular flexibility index (Phi) is 3.80. The van der Waals surface area contributed by atoms with Crippen molar-refractivity contribution in [2.75, 3.05) is 5.88 Å². The highest BCUT2D eigenvalue weighted by Gasteiger charge is 2.18. The molecule has 3 aromatic rings. The number of imidazole rings is 1. The third kappa shape index (κ3) is 2.49. The van der Waals surface area contributed by atoms with Gasteiger partial charge in [-0.05, 0) is 37.6 Å². The van der Waals surface area contributed by atoms with Crippen molar-refractivity contribution in [1.82, 2.24) is 19.3 Å². The zero-order valence-corrected chi connectivity index (χ0v) is 14.5. The summed E-state index contributed by atoms with van der Waals surface area (Å²) >= 11 is 9.51. The fourth-order valence-corrected chi connectivity index (χ4v) is 3.45. The molecule has 0 amide bonds. The van der Waals surface area contributed by atoms with Crippen LogP contribution in [0.25, 0.3) is 16.9 Å². The van der Waals surface area contributed by atoms with Gasteiger partial charge in [-0.1, -0.05) is 15.9 Å². The molecule has 3 rings (SSSR count). The normalized spacial score (nSPS) is 11.5. The Labute approximate surface area is 136 Å². The maximum atomic E-state index is 5.95. The molecule has 2 heterocycles. The SMILES string of the molecule is Cc1cc(Br)cc(-n2c(CCCl)nc3c(C)nn(C)c32)c1. The van der Waals surface area contributed by atoms with E-state index in [1.54, 1.807) is 0 Å². The van der Waals surface area contributed by atoms with Gasteiger partial charge in [0.1, 0.15) is 11.3 Å². The standard InChI is InChI=1S/C15H16BrClN4/c1-9-6-11(16)8-12(7-9)21-13(4-5-17)18-14-10(2)19-20(3)15(14)21/h6-8H,4-5H2,1-3H3. The molecule has 4 nitrogen and oxygen atoms in total. The number of aromatic nitrogens is 4. The van der Waals surface area contributed by atoms with E-state index in [0.717, 1.165) is 39.3 Å². The number of benzene rings is 1. The van der Waals surface area contributed by atoms with Crippen LogP contribution in [0.3, 0.4) is 0 Å². The van der Waals surface area contributed by atoms with Crippen molar-refractivity contribution < 1.29 is 0 Å². The van der Waals surface area contributed by atoms with E-state index in [1.165, 1.54) is 5.56 Å². The lowest BCUT2D eigenvalue weighted by atomic mass is 10.2. The van der Waals surface area contributed by atoms with Gasteiger partial charge in [-0.25, -0.2) is 9.67 Å². The highest BCUT2D eigenvalue weighted by atomic mass is 79.9. The largest absolute Gasteiger partial charge is 0.281 e. The van der Waals surface area contributed by atoms with Crippen molar-refractivity contribution in [2.24, 2.45) is 7.05 Å². The lowest BCUT2D eigenvalue weighted by molar-refractivity contribution is 0.750. The van der Waals surface area contributed by atoms with E-state index in [2.05, 4.69) is 50.7 Å². The van der Waals surface area contributed by atoms with Crippen LogP contribution in [-0.4, -0.2) is 25.2 Å². The molecular formula is C15H16BrClN4. The monoisotopic (exact) mass is 366 g/mol. The summed E-state index contributed by atoms with van der Waals surface area (Å²) in [6.07, 6.45) is 0.723. The van der Waals surface area contributed by atoms with Crippen LogP contribution >= 0.6 is 27.5 Å². The fraction of sp³-hybridized carbons (Fsp3) is 0.333. The number of halogens is 2. The van der Waals surface area contributed by atoms with Gasteiger partial charge in [0, 0.05) is 23.8 Å². The van der Waals surface area contributed by atoms with E-state index in [4.69, 9.17) is 16.6 Å². The topological polar surface area (TPSA) is 35.6 Å². The zero-order valence-electron chi connectivity index (χ0n) is 12.2. The minimum Gasteiger partial charge on any atom is -0.281 e. The third-order valence-electron chi connectivity index (χ3n) is 3.47. The molecule has 0 aliphatic heterocycles. The summed E-state index contributed by atoms with van der Waals surface area (Å²) < 4.78 is 5.08. The van der Waals surface area contributed by atoms with E-state index >= 15 is 0 Å². The second-order valence-electron chi connectivity index (χ2n) is 5.17. The summed E-state index contributed by atoms with van der Waals surface area (Å²) in [5.74, 6) is 1.51. The van der Waals surface area contributed by atoms with Crippen molar-refractivity contribution in [3.63, 3.8) is 0 Å². The number of fused-ring (bicyclic) bond motifs is 1. The van der Waals surface area contributed by atoms with Crippen LogP contribution in [-0.2, 0) is 13.5 Å². The lowest BCUT2D eigenvalue weighted by Crippen LogP contribution is -2.06. The van der Waals surface area contributed by atoms with Crippen LogP contribution in [0.4, 0.5) is 0 Å². The Morgan fingerprint density at radius 3 is 2.67 bits per heavy atom. The molecule has 0 saturated carbocycles. The van der Waals surface area contributed by atoms with Gasteiger partial charge in [0.25, 0.3) is 0 Å².